The van der Waals surface area contributed by atoms with Gasteiger partial charge >= 0.3 is 0 Å². The maximum atomic E-state index is 14.0. The van der Waals surface area contributed by atoms with E-state index in [0.717, 1.165) is 0 Å². The SMILES string of the molecule is O=C(Nc1ccn(Cc2c(F)cccc2Cl)n1)c1ccc(COc2cccc(Cl)c2Cl)o1. The standard InChI is InChI=1S/C22H15Cl3FN3O3/c23-15-3-1-5-17(26)14(15)11-29-10-9-20(28-29)27-22(30)19-8-7-13(32-19)12-31-18-6-2-4-16(24)21(18)25/h1-10H,11-12H2,(H,27,28,30). The molecule has 32 heavy (non-hydrogen) atoms. The Bertz CT molecular complexity index is 1250. The van der Waals surface area contributed by atoms with Gasteiger partial charge in [-0.05, 0) is 36.4 Å². The summed E-state index contributed by atoms with van der Waals surface area (Å²) in [7, 11) is 0. The average Bonchev–Trinajstić information content (AvgIpc) is 3.41. The molecule has 4 rings (SSSR count). The zero-order chi connectivity index (χ0) is 22.7. The van der Waals surface area contributed by atoms with Gasteiger partial charge in [-0.1, -0.05) is 46.9 Å². The first-order chi connectivity index (χ1) is 15.4. The number of benzene rings is 2. The molecule has 0 aliphatic rings. The van der Waals surface area contributed by atoms with E-state index >= 15 is 0 Å². The molecule has 0 aliphatic heterocycles. The van der Waals surface area contributed by atoms with Crippen LogP contribution in [0.2, 0.25) is 15.1 Å². The van der Waals surface area contributed by atoms with Crippen molar-refractivity contribution in [1.29, 1.82) is 0 Å². The Hall–Kier alpha value is -3.00. The number of aromatic nitrogens is 2. The number of amides is 1. The lowest BCUT2D eigenvalue weighted by Crippen LogP contribution is -2.12. The average molecular weight is 495 g/mol. The Kier molecular flexibility index (Phi) is 6.69. The lowest BCUT2D eigenvalue weighted by atomic mass is 10.2. The largest absolute Gasteiger partial charge is 0.484 e. The minimum atomic E-state index is -0.494. The number of hydrogen-bond acceptors (Lipinski definition) is 4. The van der Waals surface area contributed by atoms with Crippen LogP contribution >= 0.6 is 34.8 Å². The predicted octanol–water partition coefficient (Wildman–Crippen LogP) is 6.46. The van der Waals surface area contributed by atoms with Crippen LogP contribution in [0.4, 0.5) is 10.2 Å². The Morgan fingerprint density at radius 1 is 1.06 bits per heavy atom. The Balaban J connectivity index is 1.37. The number of hydrogen-bond donors (Lipinski definition) is 1. The molecule has 0 atom stereocenters. The summed E-state index contributed by atoms with van der Waals surface area (Å²) in [6.07, 6.45) is 1.61. The number of furan rings is 1. The van der Waals surface area contributed by atoms with Crippen molar-refractivity contribution in [3.05, 3.63) is 98.8 Å². The molecule has 2 aromatic heterocycles. The number of carbonyl (C=O) groups excluding carboxylic acids is 1. The van der Waals surface area contributed by atoms with Crippen LogP contribution in [-0.4, -0.2) is 15.7 Å². The van der Waals surface area contributed by atoms with Gasteiger partial charge in [0.05, 0.1) is 11.6 Å². The molecule has 1 amide bonds. The summed E-state index contributed by atoms with van der Waals surface area (Å²) in [5.41, 5.74) is 0.311. The van der Waals surface area contributed by atoms with Crippen LogP contribution in [-0.2, 0) is 13.2 Å². The van der Waals surface area contributed by atoms with Gasteiger partial charge < -0.3 is 14.5 Å². The Morgan fingerprint density at radius 3 is 2.66 bits per heavy atom. The van der Waals surface area contributed by atoms with Crippen LogP contribution in [0.25, 0.3) is 0 Å². The van der Waals surface area contributed by atoms with Crippen molar-refractivity contribution in [1.82, 2.24) is 9.78 Å². The second-order valence-electron chi connectivity index (χ2n) is 6.66. The second kappa shape index (κ2) is 9.65. The van der Waals surface area contributed by atoms with E-state index in [1.165, 1.54) is 22.9 Å². The van der Waals surface area contributed by atoms with Crippen molar-refractivity contribution in [3.8, 4) is 5.75 Å². The normalized spacial score (nSPS) is 10.9. The molecule has 6 nitrogen and oxygen atoms in total. The minimum Gasteiger partial charge on any atom is -0.484 e. The summed E-state index contributed by atoms with van der Waals surface area (Å²) in [5, 5.41) is 7.82. The van der Waals surface area contributed by atoms with E-state index in [9.17, 15) is 9.18 Å². The van der Waals surface area contributed by atoms with E-state index in [2.05, 4.69) is 10.4 Å². The molecule has 4 aromatic rings. The summed E-state index contributed by atoms with van der Waals surface area (Å²) in [6, 6.07) is 14.2. The third kappa shape index (κ3) is 5.07. The smallest absolute Gasteiger partial charge is 0.292 e. The van der Waals surface area contributed by atoms with Crippen LogP contribution in [0.15, 0.2) is 65.2 Å². The molecule has 0 saturated carbocycles. The Morgan fingerprint density at radius 2 is 1.84 bits per heavy atom. The topological polar surface area (TPSA) is 69.3 Å². The molecule has 0 spiro atoms. The third-order valence-corrected chi connectivity index (χ3v) is 5.59. The summed E-state index contributed by atoms with van der Waals surface area (Å²) in [6.45, 7) is 0.182. The number of anilines is 1. The van der Waals surface area contributed by atoms with Gasteiger partial charge in [0.25, 0.3) is 5.91 Å². The van der Waals surface area contributed by atoms with Crippen molar-refractivity contribution in [2.75, 3.05) is 5.32 Å². The number of rotatable bonds is 7. The molecule has 0 radical (unpaired) electrons. The molecule has 1 N–H and O–H groups in total. The number of carbonyl (C=O) groups is 1. The van der Waals surface area contributed by atoms with Crippen LogP contribution in [0.5, 0.6) is 5.75 Å². The highest BCUT2D eigenvalue weighted by atomic mass is 35.5. The number of nitrogens with zero attached hydrogens (tertiary/aromatic N) is 2. The van der Waals surface area contributed by atoms with Gasteiger partial charge in [-0.2, -0.15) is 5.10 Å². The molecule has 0 saturated heterocycles. The number of halogens is 4. The van der Waals surface area contributed by atoms with E-state index in [1.54, 1.807) is 42.6 Å². The highest BCUT2D eigenvalue weighted by Crippen LogP contribution is 2.32. The van der Waals surface area contributed by atoms with Crippen LogP contribution < -0.4 is 10.1 Å². The van der Waals surface area contributed by atoms with Crippen molar-refractivity contribution in [3.63, 3.8) is 0 Å². The fourth-order valence-electron chi connectivity index (χ4n) is 2.86. The lowest BCUT2D eigenvalue weighted by Gasteiger charge is -2.07. The third-order valence-electron chi connectivity index (χ3n) is 4.44. The van der Waals surface area contributed by atoms with E-state index < -0.39 is 11.7 Å². The van der Waals surface area contributed by atoms with Gasteiger partial charge in [0.15, 0.2) is 11.6 Å². The van der Waals surface area contributed by atoms with Crippen molar-refractivity contribution < 1.29 is 18.3 Å². The van der Waals surface area contributed by atoms with Crippen LogP contribution in [0.3, 0.4) is 0 Å². The van der Waals surface area contributed by atoms with Gasteiger partial charge in [0, 0.05) is 22.8 Å². The molecular weight excluding hydrogens is 480 g/mol. The first kappa shape index (κ1) is 22.2. The number of ether oxygens (including phenoxy) is 1. The summed E-state index contributed by atoms with van der Waals surface area (Å²) >= 11 is 18.1. The van der Waals surface area contributed by atoms with Gasteiger partial charge in [-0.15, -0.1) is 0 Å². The zero-order valence-electron chi connectivity index (χ0n) is 16.3. The van der Waals surface area contributed by atoms with Crippen LogP contribution in [0.1, 0.15) is 21.9 Å². The second-order valence-corrected chi connectivity index (χ2v) is 7.85. The lowest BCUT2D eigenvalue weighted by molar-refractivity contribution is 0.0992. The minimum absolute atomic E-state index is 0.0609. The highest BCUT2D eigenvalue weighted by Gasteiger charge is 2.15. The zero-order valence-corrected chi connectivity index (χ0v) is 18.6. The van der Waals surface area contributed by atoms with Gasteiger partial charge in [-0.25, -0.2) is 4.39 Å². The monoisotopic (exact) mass is 493 g/mol. The molecule has 10 heteroatoms. The van der Waals surface area contributed by atoms with Gasteiger partial charge in [-0.3, -0.25) is 9.48 Å². The fraction of sp³-hybridized carbons (Fsp3) is 0.0909. The van der Waals surface area contributed by atoms with E-state index in [-0.39, 0.29) is 24.7 Å². The first-order valence-electron chi connectivity index (χ1n) is 9.34. The molecule has 2 heterocycles. The van der Waals surface area contributed by atoms with E-state index in [1.807, 2.05) is 0 Å². The molecule has 164 valence electrons. The molecular formula is C22H15Cl3FN3O3. The first-order valence-corrected chi connectivity index (χ1v) is 10.5. The summed E-state index contributed by atoms with van der Waals surface area (Å²) in [4.78, 5) is 12.5. The van der Waals surface area contributed by atoms with Crippen LogP contribution in [0, 0.1) is 5.82 Å². The van der Waals surface area contributed by atoms with Crippen molar-refractivity contribution in [2.45, 2.75) is 13.2 Å². The maximum Gasteiger partial charge on any atom is 0.292 e. The van der Waals surface area contributed by atoms with E-state index in [0.29, 0.717) is 32.1 Å². The predicted molar refractivity (Wildman–Crippen MR) is 120 cm³/mol. The molecule has 0 fully saturated rings. The van der Waals surface area contributed by atoms with Crippen molar-refractivity contribution >= 4 is 46.5 Å². The van der Waals surface area contributed by atoms with E-state index in [4.69, 9.17) is 44.0 Å². The summed E-state index contributed by atoms with van der Waals surface area (Å²) in [5.74, 6) is 0.261. The highest BCUT2D eigenvalue weighted by molar-refractivity contribution is 6.42. The summed E-state index contributed by atoms with van der Waals surface area (Å²) < 4.78 is 26.6. The molecule has 0 bridgehead atoms. The van der Waals surface area contributed by atoms with Crippen molar-refractivity contribution in [2.24, 2.45) is 0 Å². The number of nitrogens with one attached hydrogen (secondary N) is 1. The maximum absolute atomic E-state index is 14.0. The Labute approximate surface area is 197 Å². The quantitative estimate of drug-likeness (QED) is 0.320. The fourth-order valence-corrected chi connectivity index (χ4v) is 3.43. The molecule has 0 aliphatic carbocycles. The van der Waals surface area contributed by atoms with Gasteiger partial charge in [0.2, 0.25) is 0 Å². The molecule has 0 unspecified atom stereocenters. The molecule has 2 aromatic carbocycles. The van der Waals surface area contributed by atoms with Gasteiger partial charge in [0.1, 0.15) is 29.0 Å².